The summed E-state index contributed by atoms with van der Waals surface area (Å²) in [4.78, 5) is 33.4. The summed E-state index contributed by atoms with van der Waals surface area (Å²) in [5.41, 5.74) is 0. The SMILES string of the molecule is C=CNCC(=O)N(C(C)=O)C(C)=O. The lowest BCUT2D eigenvalue weighted by Gasteiger charge is -2.14. The van der Waals surface area contributed by atoms with Gasteiger partial charge in [0.1, 0.15) is 0 Å². The van der Waals surface area contributed by atoms with Crippen LogP contribution in [0.1, 0.15) is 13.8 Å². The molecule has 0 aromatic carbocycles. The number of hydrogen-bond donors (Lipinski definition) is 1. The summed E-state index contributed by atoms with van der Waals surface area (Å²) in [6, 6.07) is 0. The summed E-state index contributed by atoms with van der Waals surface area (Å²) < 4.78 is 0. The molecule has 0 saturated heterocycles. The van der Waals surface area contributed by atoms with Crippen molar-refractivity contribution in [3.05, 3.63) is 12.8 Å². The van der Waals surface area contributed by atoms with Crippen molar-refractivity contribution in [1.82, 2.24) is 10.2 Å². The molecule has 0 bridgehead atoms. The largest absolute Gasteiger partial charge is 0.383 e. The molecule has 0 spiro atoms. The van der Waals surface area contributed by atoms with Crippen LogP contribution in [0.2, 0.25) is 0 Å². The topological polar surface area (TPSA) is 66.5 Å². The number of rotatable bonds is 3. The molecule has 5 nitrogen and oxygen atoms in total. The zero-order chi connectivity index (χ0) is 10.4. The Morgan fingerprint density at radius 2 is 1.77 bits per heavy atom. The molecule has 0 aliphatic heterocycles. The Kier molecular flexibility index (Phi) is 4.43. The number of imide groups is 3. The van der Waals surface area contributed by atoms with Crippen LogP contribution >= 0.6 is 0 Å². The maximum absolute atomic E-state index is 11.2. The zero-order valence-corrected chi connectivity index (χ0v) is 7.66. The minimum Gasteiger partial charge on any atom is -0.383 e. The molecule has 0 heterocycles. The van der Waals surface area contributed by atoms with Crippen LogP contribution in [0.15, 0.2) is 12.8 Å². The second kappa shape index (κ2) is 5.08. The lowest BCUT2D eigenvalue weighted by atomic mass is 10.4. The van der Waals surface area contributed by atoms with Crippen molar-refractivity contribution in [3.8, 4) is 0 Å². The van der Waals surface area contributed by atoms with Gasteiger partial charge in [-0.1, -0.05) is 6.58 Å². The average Bonchev–Trinajstić information content (AvgIpc) is 1.99. The maximum Gasteiger partial charge on any atom is 0.255 e. The molecule has 0 atom stereocenters. The molecule has 0 rings (SSSR count). The fourth-order valence-corrected chi connectivity index (χ4v) is 0.811. The lowest BCUT2D eigenvalue weighted by Crippen LogP contribution is -2.42. The predicted molar refractivity (Wildman–Crippen MR) is 46.4 cm³/mol. The number of nitrogens with zero attached hydrogens (tertiary/aromatic N) is 1. The van der Waals surface area contributed by atoms with E-state index in [0.29, 0.717) is 4.90 Å². The van der Waals surface area contributed by atoms with E-state index in [1.807, 2.05) is 0 Å². The van der Waals surface area contributed by atoms with E-state index >= 15 is 0 Å². The molecule has 72 valence electrons. The van der Waals surface area contributed by atoms with Crippen LogP contribution in [0, 0.1) is 0 Å². The highest BCUT2D eigenvalue weighted by Gasteiger charge is 2.21. The Hall–Kier alpha value is -1.65. The van der Waals surface area contributed by atoms with Crippen molar-refractivity contribution in [3.63, 3.8) is 0 Å². The van der Waals surface area contributed by atoms with Crippen molar-refractivity contribution < 1.29 is 14.4 Å². The van der Waals surface area contributed by atoms with Crippen molar-refractivity contribution in [1.29, 1.82) is 0 Å². The van der Waals surface area contributed by atoms with Crippen LogP contribution < -0.4 is 5.32 Å². The van der Waals surface area contributed by atoms with Gasteiger partial charge in [0.05, 0.1) is 6.54 Å². The predicted octanol–water partition coefficient (Wildman–Crippen LogP) is -0.359. The number of nitrogens with one attached hydrogen (secondary N) is 1. The molecule has 0 aromatic rings. The van der Waals surface area contributed by atoms with Gasteiger partial charge >= 0.3 is 0 Å². The zero-order valence-electron chi connectivity index (χ0n) is 7.66. The molecule has 0 fully saturated rings. The van der Waals surface area contributed by atoms with E-state index in [1.54, 1.807) is 0 Å². The van der Waals surface area contributed by atoms with Gasteiger partial charge in [-0.15, -0.1) is 0 Å². The molecule has 0 aromatic heterocycles. The number of carbonyl (C=O) groups is 3. The molecule has 3 amide bonds. The highest BCUT2D eigenvalue weighted by atomic mass is 16.2. The molecule has 0 unspecified atom stereocenters. The molecule has 0 aliphatic rings. The van der Waals surface area contributed by atoms with Crippen LogP contribution in [-0.4, -0.2) is 29.2 Å². The number of amides is 3. The van der Waals surface area contributed by atoms with E-state index in [4.69, 9.17) is 0 Å². The molecule has 0 saturated carbocycles. The summed E-state index contributed by atoms with van der Waals surface area (Å²) in [5.74, 6) is -1.74. The Morgan fingerprint density at radius 1 is 1.31 bits per heavy atom. The van der Waals surface area contributed by atoms with Crippen molar-refractivity contribution in [2.24, 2.45) is 0 Å². The van der Waals surface area contributed by atoms with Gasteiger partial charge in [-0.2, -0.15) is 0 Å². The van der Waals surface area contributed by atoms with E-state index in [0.717, 1.165) is 13.8 Å². The van der Waals surface area contributed by atoms with Crippen LogP contribution in [0.3, 0.4) is 0 Å². The molecule has 13 heavy (non-hydrogen) atoms. The van der Waals surface area contributed by atoms with E-state index in [1.165, 1.54) is 6.20 Å². The van der Waals surface area contributed by atoms with E-state index in [-0.39, 0.29) is 6.54 Å². The lowest BCUT2D eigenvalue weighted by molar-refractivity contribution is -0.151. The Balaban J connectivity index is 4.38. The second-order valence-electron chi connectivity index (χ2n) is 2.35. The summed E-state index contributed by atoms with van der Waals surface area (Å²) in [7, 11) is 0. The Morgan fingerprint density at radius 3 is 2.08 bits per heavy atom. The third kappa shape index (κ3) is 3.50. The van der Waals surface area contributed by atoms with Gasteiger partial charge in [0, 0.05) is 13.8 Å². The molecular formula is C8H12N2O3. The molecule has 0 radical (unpaired) electrons. The van der Waals surface area contributed by atoms with E-state index in [2.05, 4.69) is 11.9 Å². The first-order chi connectivity index (χ1) is 6.00. The normalized spacial score (nSPS) is 8.77. The van der Waals surface area contributed by atoms with Gasteiger partial charge in [-0.3, -0.25) is 14.4 Å². The summed E-state index contributed by atoms with van der Waals surface area (Å²) in [5, 5.41) is 2.51. The van der Waals surface area contributed by atoms with Crippen LogP contribution in [0.5, 0.6) is 0 Å². The second-order valence-corrected chi connectivity index (χ2v) is 2.35. The average molecular weight is 184 g/mol. The fourth-order valence-electron chi connectivity index (χ4n) is 0.811. The molecule has 0 aliphatic carbocycles. The monoisotopic (exact) mass is 184 g/mol. The van der Waals surface area contributed by atoms with E-state index < -0.39 is 17.7 Å². The van der Waals surface area contributed by atoms with E-state index in [9.17, 15) is 14.4 Å². The quantitative estimate of drug-likeness (QED) is 0.650. The van der Waals surface area contributed by atoms with Gasteiger partial charge in [-0.25, -0.2) is 4.90 Å². The van der Waals surface area contributed by atoms with Crippen molar-refractivity contribution >= 4 is 17.7 Å². The van der Waals surface area contributed by atoms with Gasteiger partial charge in [0.2, 0.25) is 11.8 Å². The van der Waals surface area contributed by atoms with Gasteiger partial charge in [0.25, 0.3) is 5.91 Å². The molecule has 5 heteroatoms. The standard InChI is InChI=1S/C8H12N2O3/c1-4-9-5-8(13)10(6(2)11)7(3)12/h4,9H,1,5H2,2-3H3. The minimum atomic E-state index is -0.583. The number of carbonyl (C=O) groups excluding carboxylic acids is 3. The van der Waals surface area contributed by atoms with Crippen LogP contribution in [-0.2, 0) is 14.4 Å². The van der Waals surface area contributed by atoms with Gasteiger partial charge in [-0.05, 0) is 6.20 Å². The summed E-state index contributed by atoms with van der Waals surface area (Å²) in [6.07, 6.45) is 1.32. The maximum atomic E-state index is 11.2. The van der Waals surface area contributed by atoms with Crippen LogP contribution in [0.25, 0.3) is 0 Å². The smallest absolute Gasteiger partial charge is 0.255 e. The first-order valence-corrected chi connectivity index (χ1v) is 3.69. The molecule has 1 N–H and O–H groups in total. The highest BCUT2D eigenvalue weighted by molar-refractivity contribution is 6.09. The fraction of sp³-hybridized carbons (Fsp3) is 0.375. The van der Waals surface area contributed by atoms with Gasteiger partial charge < -0.3 is 5.32 Å². The molecular weight excluding hydrogens is 172 g/mol. The third-order valence-corrected chi connectivity index (χ3v) is 1.28. The summed E-state index contributed by atoms with van der Waals surface area (Å²) in [6.45, 7) is 5.54. The van der Waals surface area contributed by atoms with Crippen LogP contribution in [0.4, 0.5) is 0 Å². The first kappa shape index (κ1) is 11.4. The van der Waals surface area contributed by atoms with Crippen molar-refractivity contribution in [2.45, 2.75) is 13.8 Å². The van der Waals surface area contributed by atoms with Gasteiger partial charge in [0.15, 0.2) is 0 Å². The van der Waals surface area contributed by atoms with Crippen molar-refractivity contribution in [2.75, 3.05) is 6.54 Å². The third-order valence-electron chi connectivity index (χ3n) is 1.28. The Bertz CT molecular complexity index is 234. The highest BCUT2D eigenvalue weighted by Crippen LogP contribution is 1.91. The Labute approximate surface area is 76.4 Å². The number of hydrogen-bond acceptors (Lipinski definition) is 4. The summed E-state index contributed by atoms with van der Waals surface area (Å²) >= 11 is 0. The minimum absolute atomic E-state index is 0.108. The first-order valence-electron chi connectivity index (χ1n) is 3.69.